The first-order chi connectivity index (χ1) is 15.9. The number of hydrogen-bond acceptors (Lipinski definition) is 2. The predicted molar refractivity (Wildman–Crippen MR) is 132 cm³/mol. The van der Waals surface area contributed by atoms with Crippen LogP contribution in [0.15, 0.2) is 109 Å². The van der Waals surface area contributed by atoms with Gasteiger partial charge in [0, 0.05) is 0 Å². The third-order valence-corrected chi connectivity index (χ3v) is 12.1. The molecule has 0 aliphatic carbocycles. The van der Waals surface area contributed by atoms with E-state index >= 15 is 0 Å². The van der Waals surface area contributed by atoms with Crippen LogP contribution in [0.4, 0.5) is 0 Å². The van der Waals surface area contributed by atoms with Gasteiger partial charge in [0.15, 0.2) is 0 Å². The number of fused-ring (bicyclic) bond motifs is 2. The van der Waals surface area contributed by atoms with Gasteiger partial charge in [-0.15, -0.1) is 0 Å². The minimum absolute atomic E-state index is 0.217. The number of benzene rings is 2. The fourth-order valence-electron chi connectivity index (χ4n) is 3.75. The zero-order valence-corrected chi connectivity index (χ0v) is 20.4. The second-order valence-electron chi connectivity index (χ2n) is 7.29. The molecule has 0 radical (unpaired) electrons. The van der Waals surface area contributed by atoms with E-state index in [4.69, 9.17) is 9.97 Å². The van der Waals surface area contributed by atoms with Crippen molar-refractivity contribution in [2.75, 3.05) is 0 Å². The van der Waals surface area contributed by atoms with Crippen molar-refractivity contribution in [3.05, 3.63) is 109 Å². The molecule has 32 heavy (non-hydrogen) atoms. The second kappa shape index (κ2) is 8.42. The molecular formula is C26H18N4Se2. The Kier molecular flexibility index (Phi) is 5.14. The van der Waals surface area contributed by atoms with E-state index in [-0.39, 0.29) is 26.3 Å². The van der Waals surface area contributed by atoms with E-state index in [0.717, 1.165) is 22.7 Å². The van der Waals surface area contributed by atoms with Crippen LogP contribution in [-0.2, 0) is 0 Å². The van der Waals surface area contributed by atoms with Crippen LogP contribution in [-0.4, -0.2) is 45.0 Å². The van der Waals surface area contributed by atoms with Crippen LogP contribution in [0.3, 0.4) is 0 Å². The first kappa shape index (κ1) is 19.5. The molecular weight excluding hydrogens is 526 g/mol. The third-order valence-electron chi connectivity index (χ3n) is 5.27. The Morgan fingerprint density at radius 2 is 0.875 bits per heavy atom. The number of hydrogen-bond donors (Lipinski definition) is 0. The van der Waals surface area contributed by atoms with Crippen molar-refractivity contribution in [2.24, 2.45) is 0 Å². The topological polar surface area (TPSA) is 34.6 Å². The first-order valence-electron chi connectivity index (χ1n) is 10.3. The molecule has 6 rings (SSSR count). The summed E-state index contributed by atoms with van der Waals surface area (Å²) in [6, 6.07) is 33.5. The number of pyridine rings is 2. The van der Waals surface area contributed by atoms with Gasteiger partial charge in [-0.2, -0.15) is 0 Å². The molecule has 4 aromatic heterocycles. The Hall–Kier alpha value is -3.14. The molecule has 2 aromatic carbocycles. The molecule has 154 valence electrons. The Balaban J connectivity index is 1.47. The van der Waals surface area contributed by atoms with Crippen LogP contribution >= 0.6 is 0 Å². The van der Waals surface area contributed by atoms with Gasteiger partial charge in [0.25, 0.3) is 0 Å². The van der Waals surface area contributed by atoms with E-state index in [1.54, 1.807) is 0 Å². The van der Waals surface area contributed by atoms with Crippen LogP contribution in [0.25, 0.3) is 33.8 Å². The molecule has 0 atom stereocenters. The van der Waals surface area contributed by atoms with Gasteiger partial charge in [0.05, 0.1) is 0 Å². The van der Waals surface area contributed by atoms with E-state index in [0.29, 0.717) is 0 Å². The van der Waals surface area contributed by atoms with Crippen molar-refractivity contribution in [3.63, 3.8) is 0 Å². The summed E-state index contributed by atoms with van der Waals surface area (Å²) in [5, 5.41) is 0. The van der Waals surface area contributed by atoms with Crippen molar-refractivity contribution in [3.8, 4) is 22.5 Å². The van der Waals surface area contributed by atoms with Crippen molar-refractivity contribution < 1.29 is 0 Å². The van der Waals surface area contributed by atoms with Crippen molar-refractivity contribution in [1.29, 1.82) is 0 Å². The second-order valence-corrected chi connectivity index (χ2v) is 13.2. The van der Waals surface area contributed by atoms with E-state index < -0.39 is 0 Å². The van der Waals surface area contributed by atoms with Crippen molar-refractivity contribution in [2.45, 2.75) is 0 Å². The summed E-state index contributed by atoms with van der Waals surface area (Å²) in [7, 11) is 0. The zero-order valence-electron chi connectivity index (χ0n) is 17.0. The summed E-state index contributed by atoms with van der Waals surface area (Å²) >= 11 is 0.433. The summed E-state index contributed by atoms with van der Waals surface area (Å²) in [4.78, 5) is 9.98. The molecule has 0 aliphatic heterocycles. The molecule has 0 unspecified atom stereocenters. The number of rotatable bonds is 5. The van der Waals surface area contributed by atoms with Gasteiger partial charge in [0.2, 0.25) is 0 Å². The van der Waals surface area contributed by atoms with Crippen LogP contribution in [0.2, 0.25) is 0 Å². The van der Waals surface area contributed by atoms with Gasteiger partial charge >= 0.3 is 197 Å². The molecule has 0 amide bonds. The number of nitrogens with zero attached hydrogens (tertiary/aromatic N) is 4. The fraction of sp³-hybridized carbons (Fsp3) is 0. The average Bonchev–Trinajstić information content (AvgIpc) is 3.42. The molecule has 6 heteroatoms. The van der Waals surface area contributed by atoms with E-state index in [9.17, 15) is 0 Å². The van der Waals surface area contributed by atoms with Crippen LogP contribution in [0.1, 0.15) is 0 Å². The van der Waals surface area contributed by atoms with E-state index in [1.807, 2.05) is 0 Å². The minimum atomic E-state index is 0.217. The quantitative estimate of drug-likeness (QED) is 0.311. The molecule has 0 saturated carbocycles. The third kappa shape index (κ3) is 3.48. The SMILES string of the molecule is c1ccc(-c2nc3ccccn3c2[Se][Se]c2c(-c3ccccc3)nc3ccccn23)cc1. The van der Waals surface area contributed by atoms with Gasteiger partial charge in [-0.1, -0.05) is 0 Å². The fourth-order valence-corrected chi connectivity index (χ4v) is 11.3. The van der Waals surface area contributed by atoms with Crippen LogP contribution in [0, 0.1) is 0 Å². The average molecular weight is 544 g/mol. The Bertz CT molecular complexity index is 1400. The standard InChI is InChI=1S/C26H18N4Se2/c1-3-11-19(12-4-1)23-25(29-17-9-7-15-21(29)27-23)31-32-26-24(20-13-5-2-6-14-20)28-22-16-8-10-18-30(22)26/h1-18H. The van der Waals surface area contributed by atoms with Gasteiger partial charge < -0.3 is 0 Å². The Labute approximate surface area is 196 Å². The summed E-state index contributed by atoms with van der Waals surface area (Å²) < 4.78 is 7.14. The molecule has 6 aromatic rings. The predicted octanol–water partition coefficient (Wildman–Crippen LogP) is 3.59. The maximum atomic E-state index is 4.99. The summed E-state index contributed by atoms with van der Waals surface area (Å²) in [6.45, 7) is 0. The normalized spacial score (nSPS) is 11.4. The van der Waals surface area contributed by atoms with Crippen molar-refractivity contribution >= 4 is 46.7 Å². The molecule has 4 heterocycles. The Morgan fingerprint density at radius 3 is 1.31 bits per heavy atom. The monoisotopic (exact) mass is 546 g/mol. The first-order valence-corrected chi connectivity index (χ1v) is 16.3. The maximum absolute atomic E-state index is 4.99. The van der Waals surface area contributed by atoms with Gasteiger partial charge in [-0.05, 0) is 0 Å². The van der Waals surface area contributed by atoms with Crippen LogP contribution in [0.5, 0.6) is 0 Å². The number of imidazole rings is 2. The zero-order chi connectivity index (χ0) is 21.3. The molecule has 0 saturated heterocycles. The molecule has 0 fully saturated rings. The summed E-state index contributed by atoms with van der Waals surface area (Å²) in [5.74, 6) is 0. The van der Waals surface area contributed by atoms with E-state index in [1.165, 1.54) is 20.3 Å². The molecule has 4 nitrogen and oxygen atoms in total. The summed E-state index contributed by atoms with van der Waals surface area (Å²) in [6.07, 6.45) is 4.27. The Morgan fingerprint density at radius 1 is 0.469 bits per heavy atom. The number of aromatic nitrogens is 4. The summed E-state index contributed by atoms with van der Waals surface area (Å²) in [5.41, 5.74) is 6.53. The van der Waals surface area contributed by atoms with Gasteiger partial charge in [-0.3, -0.25) is 0 Å². The molecule has 0 spiro atoms. The van der Waals surface area contributed by atoms with Gasteiger partial charge in [-0.25, -0.2) is 0 Å². The van der Waals surface area contributed by atoms with Crippen molar-refractivity contribution in [1.82, 2.24) is 18.8 Å². The van der Waals surface area contributed by atoms with E-state index in [2.05, 4.69) is 118 Å². The van der Waals surface area contributed by atoms with Gasteiger partial charge in [0.1, 0.15) is 0 Å². The molecule has 0 aliphatic rings. The van der Waals surface area contributed by atoms with Crippen LogP contribution < -0.4 is 9.18 Å². The molecule has 0 bridgehead atoms. The molecule has 0 N–H and O–H groups in total.